The Balaban J connectivity index is 2.95. The third-order valence-electron chi connectivity index (χ3n) is 3.96. The summed E-state index contributed by atoms with van der Waals surface area (Å²) in [6.07, 6.45) is 4.28. The fraction of sp³-hybridized carbons (Fsp3) is 0.857. The maximum atomic E-state index is 6.13. The molecule has 1 saturated heterocycles. The van der Waals surface area contributed by atoms with Crippen LogP contribution in [0.2, 0.25) is 5.82 Å². The second-order valence-corrected chi connectivity index (χ2v) is 7.04. The minimum atomic E-state index is -0.247. The largest absolute Gasteiger partial charge is 0.465 e. The van der Waals surface area contributed by atoms with E-state index >= 15 is 0 Å². The summed E-state index contributed by atoms with van der Waals surface area (Å²) in [5.41, 5.74) is -0.362. The predicted octanol–water partition coefficient (Wildman–Crippen LogP) is 4.07. The van der Waals surface area contributed by atoms with Crippen LogP contribution >= 0.6 is 0 Å². The molecule has 1 rings (SSSR count). The van der Waals surface area contributed by atoms with Crippen molar-refractivity contribution in [2.45, 2.75) is 72.4 Å². The van der Waals surface area contributed by atoms with E-state index in [4.69, 9.17) is 9.31 Å². The quantitative estimate of drug-likeness (QED) is 0.533. The van der Waals surface area contributed by atoms with Gasteiger partial charge in [0.15, 0.2) is 0 Å². The molecule has 0 N–H and O–H groups in total. The van der Waals surface area contributed by atoms with Crippen LogP contribution in [0.4, 0.5) is 0 Å². The zero-order valence-corrected chi connectivity index (χ0v) is 12.6. The molecule has 0 aliphatic carbocycles. The van der Waals surface area contributed by atoms with E-state index in [1.165, 1.54) is 0 Å². The molecule has 98 valence electrons. The average molecular weight is 238 g/mol. The standard InChI is InChI=1S/C14H27BO2/c1-9-10-11(12(2,3)4)15-16-13(5,6)14(7,8)17-15/h9-11H,1-8H3/b10-9+/t11-/m0/s1. The molecule has 1 atom stereocenters. The Morgan fingerprint density at radius 1 is 1.00 bits per heavy atom. The molecule has 0 amide bonds. The molecule has 0 spiro atoms. The molecule has 1 fully saturated rings. The lowest BCUT2D eigenvalue weighted by Gasteiger charge is -2.32. The summed E-state index contributed by atoms with van der Waals surface area (Å²) in [5.74, 6) is 0.272. The molecule has 17 heavy (non-hydrogen) atoms. The molecule has 0 radical (unpaired) electrons. The van der Waals surface area contributed by atoms with Gasteiger partial charge in [-0.25, -0.2) is 0 Å². The van der Waals surface area contributed by atoms with Gasteiger partial charge in [-0.3, -0.25) is 0 Å². The van der Waals surface area contributed by atoms with Crippen molar-refractivity contribution < 1.29 is 9.31 Å². The molecule has 0 aromatic rings. The molecule has 1 aliphatic heterocycles. The normalized spacial score (nSPS) is 25.5. The first kappa shape index (κ1) is 14.8. The molecule has 0 saturated carbocycles. The SMILES string of the molecule is C/C=C/[C@H](B1OC(C)(C)C(C)(C)O1)C(C)(C)C. The van der Waals surface area contributed by atoms with Crippen molar-refractivity contribution in [3.05, 3.63) is 12.2 Å². The second-order valence-electron chi connectivity index (χ2n) is 7.04. The Morgan fingerprint density at radius 3 is 1.71 bits per heavy atom. The third-order valence-corrected chi connectivity index (χ3v) is 3.96. The molecule has 0 unspecified atom stereocenters. The van der Waals surface area contributed by atoms with E-state index in [0.29, 0.717) is 0 Å². The molecule has 1 heterocycles. The maximum Gasteiger partial charge on any atom is 0.465 e. The Labute approximate surface area is 107 Å². The highest BCUT2D eigenvalue weighted by Crippen LogP contribution is 2.45. The van der Waals surface area contributed by atoms with Crippen LogP contribution in [-0.2, 0) is 9.31 Å². The summed E-state index contributed by atoms with van der Waals surface area (Å²) in [7, 11) is -0.156. The molecule has 0 aromatic carbocycles. The number of allylic oxidation sites excluding steroid dienone is 2. The van der Waals surface area contributed by atoms with Crippen LogP contribution in [-0.4, -0.2) is 18.3 Å². The summed E-state index contributed by atoms with van der Waals surface area (Å²) in [4.78, 5) is 0. The molecule has 1 aliphatic rings. The van der Waals surface area contributed by atoms with Crippen LogP contribution in [0, 0.1) is 5.41 Å². The Bertz CT molecular complexity index is 284. The average Bonchev–Trinajstić information content (AvgIpc) is 2.29. The van der Waals surface area contributed by atoms with Crippen molar-refractivity contribution in [3.8, 4) is 0 Å². The third kappa shape index (κ3) is 2.94. The summed E-state index contributed by atoms with van der Waals surface area (Å²) in [6.45, 7) is 17.1. The van der Waals surface area contributed by atoms with Gasteiger partial charge in [-0.1, -0.05) is 32.9 Å². The van der Waals surface area contributed by atoms with Gasteiger partial charge in [0.2, 0.25) is 0 Å². The summed E-state index contributed by atoms with van der Waals surface area (Å²) < 4.78 is 12.3. The van der Waals surface area contributed by atoms with Crippen LogP contribution in [0.1, 0.15) is 55.4 Å². The van der Waals surface area contributed by atoms with E-state index in [1.54, 1.807) is 0 Å². The van der Waals surface area contributed by atoms with Crippen molar-refractivity contribution in [2.75, 3.05) is 0 Å². The van der Waals surface area contributed by atoms with Crippen molar-refractivity contribution in [2.24, 2.45) is 5.41 Å². The molecule has 0 aromatic heterocycles. The van der Waals surface area contributed by atoms with Gasteiger partial charge in [0, 0.05) is 5.82 Å². The highest BCUT2D eigenvalue weighted by atomic mass is 16.7. The summed E-state index contributed by atoms with van der Waals surface area (Å²) >= 11 is 0. The van der Waals surface area contributed by atoms with Gasteiger partial charge in [0.25, 0.3) is 0 Å². The molecular formula is C14H27BO2. The van der Waals surface area contributed by atoms with Crippen molar-refractivity contribution in [3.63, 3.8) is 0 Å². The van der Waals surface area contributed by atoms with Crippen molar-refractivity contribution in [1.29, 1.82) is 0 Å². The van der Waals surface area contributed by atoms with Gasteiger partial charge in [-0.15, -0.1) is 0 Å². The van der Waals surface area contributed by atoms with Gasteiger partial charge in [-0.2, -0.15) is 0 Å². The minimum Gasteiger partial charge on any atom is -0.403 e. The number of rotatable bonds is 2. The molecular weight excluding hydrogens is 211 g/mol. The lowest BCUT2D eigenvalue weighted by molar-refractivity contribution is 0.00578. The van der Waals surface area contributed by atoms with E-state index < -0.39 is 0 Å². The number of hydrogen-bond donors (Lipinski definition) is 0. The monoisotopic (exact) mass is 238 g/mol. The fourth-order valence-corrected chi connectivity index (χ4v) is 2.03. The Kier molecular flexibility index (Phi) is 3.86. The van der Waals surface area contributed by atoms with Gasteiger partial charge in [0.1, 0.15) is 0 Å². The van der Waals surface area contributed by atoms with Gasteiger partial charge in [0.05, 0.1) is 11.2 Å². The van der Waals surface area contributed by atoms with Crippen LogP contribution in [0.25, 0.3) is 0 Å². The Hall–Kier alpha value is -0.275. The van der Waals surface area contributed by atoms with Crippen LogP contribution in [0.15, 0.2) is 12.2 Å². The van der Waals surface area contributed by atoms with E-state index in [0.717, 1.165) is 0 Å². The van der Waals surface area contributed by atoms with E-state index in [-0.39, 0.29) is 29.6 Å². The zero-order valence-electron chi connectivity index (χ0n) is 12.6. The lowest BCUT2D eigenvalue weighted by Crippen LogP contribution is -2.41. The minimum absolute atomic E-state index is 0.133. The molecule has 0 bridgehead atoms. The maximum absolute atomic E-state index is 6.13. The summed E-state index contributed by atoms with van der Waals surface area (Å²) in [5, 5.41) is 0. The lowest BCUT2D eigenvalue weighted by atomic mass is 9.59. The van der Waals surface area contributed by atoms with E-state index in [2.05, 4.69) is 60.6 Å². The predicted molar refractivity (Wildman–Crippen MR) is 74.1 cm³/mol. The van der Waals surface area contributed by atoms with Gasteiger partial charge < -0.3 is 9.31 Å². The van der Waals surface area contributed by atoms with Crippen molar-refractivity contribution in [1.82, 2.24) is 0 Å². The second kappa shape index (κ2) is 4.44. The highest BCUT2D eigenvalue weighted by molar-refractivity contribution is 6.48. The fourth-order valence-electron chi connectivity index (χ4n) is 2.03. The zero-order chi connectivity index (χ0) is 13.5. The molecule has 3 heteroatoms. The van der Waals surface area contributed by atoms with E-state index in [1.807, 2.05) is 6.92 Å². The van der Waals surface area contributed by atoms with Crippen LogP contribution in [0.5, 0.6) is 0 Å². The van der Waals surface area contributed by atoms with Crippen LogP contribution in [0.3, 0.4) is 0 Å². The first-order valence-corrected chi connectivity index (χ1v) is 6.50. The smallest absolute Gasteiger partial charge is 0.403 e. The highest BCUT2D eigenvalue weighted by Gasteiger charge is 2.55. The molecule has 2 nitrogen and oxygen atoms in total. The van der Waals surface area contributed by atoms with Crippen LogP contribution < -0.4 is 0 Å². The topological polar surface area (TPSA) is 18.5 Å². The first-order valence-electron chi connectivity index (χ1n) is 6.50. The van der Waals surface area contributed by atoms with Crippen molar-refractivity contribution >= 4 is 7.12 Å². The van der Waals surface area contributed by atoms with Gasteiger partial charge in [-0.05, 0) is 40.0 Å². The van der Waals surface area contributed by atoms with E-state index in [9.17, 15) is 0 Å². The first-order chi connectivity index (χ1) is 7.51. The van der Waals surface area contributed by atoms with Gasteiger partial charge >= 0.3 is 7.12 Å². The Morgan fingerprint density at radius 2 is 1.41 bits per heavy atom. The summed E-state index contributed by atoms with van der Waals surface area (Å²) in [6, 6.07) is 0. The number of hydrogen-bond acceptors (Lipinski definition) is 2.